The van der Waals surface area contributed by atoms with Crippen LogP contribution >= 0.6 is 15.9 Å². The fourth-order valence-corrected chi connectivity index (χ4v) is 3.65. The van der Waals surface area contributed by atoms with E-state index in [1.54, 1.807) is 0 Å². The van der Waals surface area contributed by atoms with E-state index < -0.39 is 0 Å². The molecular formula is C14H24BrNO. The van der Waals surface area contributed by atoms with Gasteiger partial charge >= 0.3 is 0 Å². The lowest BCUT2D eigenvalue weighted by molar-refractivity contribution is -0.132. The van der Waals surface area contributed by atoms with Crippen molar-refractivity contribution in [2.24, 2.45) is 11.8 Å². The molecule has 0 aromatic rings. The van der Waals surface area contributed by atoms with Gasteiger partial charge in [-0.05, 0) is 24.7 Å². The molecule has 0 bridgehead atoms. The molecule has 17 heavy (non-hydrogen) atoms. The molecule has 1 heterocycles. The van der Waals surface area contributed by atoms with E-state index in [1.165, 1.54) is 25.7 Å². The predicted octanol–water partition coefficient (Wildman–Crippen LogP) is 3.59. The Balaban J connectivity index is 1.72. The number of amides is 1. The Morgan fingerprint density at radius 3 is 2.65 bits per heavy atom. The van der Waals surface area contributed by atoms with E-state index in [9.17, 15) is 4.79 Å². The number of carbonyl (C=O) groups is 1. The van der Waals surface area contributed by atoms with Gasteiger partial charge in [0, 0.05) is 24.3 Å². The molecule has 1 aliphatic carbocycles. The average molecular weight is 302 g/mol. The van der Waals surface area contributed by atoms with Crippen LogP contribution in [0.1, 0.15) is 51.9 Å². The molecule has 1 aliphatic heterocycles. The molecule has 2 fully saturated rings. The zero-order valence-corrected chi connectivity index (χ0v) is 12.4. The van der Waals surface area contributed by atoms with E-state index in [-0.39, 0.29) is 0 Å². The number of carbonyl (C=O) groups excluding carboxylic acids is 1. The second-order valence-corrected chi connectivity index (χ2v) is 6.99. The fourth-order valence-electron chi connectivity index (χ4n) is 3.03. The summed E-state index contributed by atoms with van der Waals surface area (Å²) in [5.41, 5.74) is 0. The van der Waals surface area contributed by atoms with Gasteiger partial charge in [0.05, 0.1) is 0 Å². The first-order valence-corrected chi connectivity index (χ1v) is 8.00. The Kier molecular flexibility index (Phi) is 4.89. The molecule has 1 saturated carbocycles. The van der Waals surface area contributed by atoms with Crippen molar-refractivity contribution >= 4 is 21.8 Å². The van der Waals surface area contributed by atoms with Crippen LogP contribution in [0.3, 0.4) is 0 Å². The molecule has 0 N–H and O–H groups in total. The molecule has 2 nitrogen and oxygen atoms in total. The molecule has 0 aromatic carbocycles. The smallest absolute Gasteiger partial charge is 0.222 e. The lowest BCUT2D eigenvalue weighted by Crippen LogP contribution is -2.43. The highest BCUT2D eigenvalue weighted by Crippen LogP contribution is 2.29. The van der Waals surface area contributed by atoms with Gasteiger partial charge in [0.2, 0.25) is 5.91 Å². The quantitative estimate of drug-likeness (QED) is 0.730. The van der Waals surface area contributed by atoms with E-state index in [0.29, 0.717) is 16.7 Å². The van der Waals surface area contributed by atoms with Crippen LogP contribution in [0.4, 0.5) is 0 Å². The molecule has 2 unspecified atom stereocenters. The Morgan fingerprint density at radius 2 is 2.00 bits per heavy atom. The minimum atomic E-state index is 0.383. The molecule has 0 spiro atoms. The topological polar surface area (TPSA) is 20.3 Å². The summed E-state index contributed by atoms with van der Waals surface area (Å²) in [6, 6.07) is 0. The molecule has 0 radical (unpaired) electrons. The molecule has 2 aliphatic rings. The van der Waals surface area contributed by atoms with Crippen LogP contribution < -0.4 is 0 Å². The van der Waals surface area contributed by atoms with Crippen molar-refractivity contribution in [2.45, 2.75) is 56.7 Å². The van der Waals surface area contributed by atoms with Gasteiger partial charge in [-0.15, -0.1) is 0 Å². The third kappa shape index (κ3) is 3.70. The summed E-state index contributed by atoms with van der Waals surface area (Å²) in [6.07, 6.45) is 8.51. The summed E-state index contributed by atoms with van der Waals surface area (Å²) < 4.78 is 0. The summed E-state index contributed by atoms with van der Waals surface area (Å²) in [5, 5.41) is 0. The van der Waals surface area contributed by atoms with Gasteiger partial charge in [-0.3, -0.25) is 4.79 Å². The number of hydrogen-bond donors (Lipinski definition) is 0. The molecule has 98 valence electrons. The van der Waals surface area contributed by atoms with Gasteiger partial charge in [-0.1, -0.05) is 48.5 Å². The van der Waals surface area contributed by atoms with Crippen LogP contribution in [-0.2, 0) is 4.79 Å². The molecule has 3 heteroatoms. The lowest BCUT2D eigenvalue weighted by atomic mass is 9.97. The van der Waals surface area contributed by atoms with Gasteiger partial charge in [-0.2, -0.15) is 0 Å². The second kappa shape index (κ2) is 6.21. The highest BCUT2D eigenvalue weighted by atomic mass is 79.9. The van der Waals surface area contributed by atoms with Crippen LogP contribution in [0.2, 0.25) is 0 Å². The SMILES string of the molecule is CC1CCN(C(=O)CCC2CCCC2)CC1Br. The van der Waals surface area contributed by atoms with Crippen molar-refractivity contribution in [1.29, 1.82) is 0 Å². The third-order valence-electron chi connectivity index (χ3n) is 4.46. The number of alkyl halides is 1. The normalized spacial score (nSPS) is 30.8. The van der Waals surface area contributed by atoms with Crippen LogP contribution in [0.25, 0.3) is 0 Å². The van der Waals surface area contributed by atoms with Crippen molar-refractivity contribution in [3.05, 3.63) is 0 Å². The van der Waals surface area contributed by atoms with Gasteiger partial charge < -0.3 is 4.90 Å². The molecule has 1 saturated heterocycles. The third-order valence-corrected chi connectivity index (χ3v) is 5.65. The molecule has 2 rings (SSSR count). The first-order valence-electron chi connectivity index (χ1n) is 7.08. The maximum absolute atomic E-state index is 12.1. The zero-order valence-electron chi connectivity index (χ0n) is 10.8. The summed E-state index contributed by atoms with van der Waals surface area (Å²) in [4.78, 5) is 14.7. The summed E-state index contributed by atoms with van der Waals surface area (Å²) in [7, 11) is 0. The van der Waals surface area contributed by atoms with Crippen molar-refractivity contribution in [3.63, 3.8) is 0 Å². The maximum Gasteiger partial charge on any atom is 0.222 e. The highest BCUT2D eigenvalue weighted by molar-refractivity contribution is 9.09. The van der Waals surface area contributed by atoms with Gasteiger partial charge in [0.1, 0.15) is 0 Å². The molecule has 1 amide bonds. The van der Waals surface area contributed by atoms with Crippen LogP contribution in [0, 0.1) is 11.8 Å². The minimum Gasteiger partial charge on any atom is -0.342 e. The maximum atomic E-state index is 12.1. The number of likely N-dealkylation sites (tertiary alicyclic amines) is 1. The Morgan fingerprint density at radius 1 is 1.29 bits per heavy atom. The molecule has 0 aromatic heterocycles. The van der Waals surface area contributed by atoms with Crippen LogP contribution in [0.15, 0.2) is 0 Å². The number of hydrogen-bond acceptors (Lipinski definition) is 1. The van der Waals surface area contributed by atoms with E-state index in [2.05, 4.69) is 27.8 Å². The highest BCUT2D eigenvalue weighted by Gasteiger charge is 2.27. The summed E-state index contributed by atoms with van der Waals surface area (Å²) in [5.74, 6) is 1.92. The Hall–Kier alpha value is -0.0500. The molecular weight excluding hydrogens is 278 g/mol. The number of halogens is 1. The van der Waals surface area contributed by atoms with Crippen molar-refractivity contribution in [3.8, 4) is 0 Å². The van der Waals surface area contributed by atoms with Crippen molar-refractivity contribution < 1.29 is 4.79 Å². The van der Waals surface area contributed by atoms with Crippen LogP contribution in [0.5, 0.6) is 0 Å². The second-order valence-electron chi connectivity index (χ2n) is 5.81. The standard InChI is InChI=1S/C14H24BrNO/c1-11-8-9-16(10-13(11)15)14(17)7-6-12-4-2-3-5-12/h11-13H,2-10H2,1H3. The minimum absolute atomic E-state index is 0.383. The summed E-state index contributed by atoms with van der Waals surface area (Å²) >= 11 is 3.69. The van der Waals surface area contributed by atoms with E-state index in [4.69, 9.17) is 0 Å². The van der Waals surface area contributed by atoms with E-state index in [1.807, 2.05) is 0 Å². The fraction of sp³-hybridized carbons (Fsp3) is 0.929. The van der Waals surface area contributed by atoms with Gasteiger partial charge in [-0.25, -0.2) is 0 Å². The van der Waals surface area contributed by atoms with Crippen LogP contribution in [-0.4, -0.2) is 28.7 Å². The van der Waals surface area contributed by atoms with Gasteiger partial charge in [0.25, 0.3) is 0 Å². The number of nitrogens with zero attached hydrogens (tertiary/aromatic N) is 1. The lowest BCUT2D eigenvalue weighted by Gasteiger charge is -2.34. The Bertz CT molecular complexity index is 263. The summed E-state index contributed by atoms with van der Waals surface area (Å²) in [6.45, 7) is 4.14. The Labute approximate surface area is 113 Å². The first kappa shape index (κ1) is 13.4. The largest absolute Gasteiger partial charge is 0.342 e. The average Bonchev–Trinajstić information content (AvgIpc) is 2.82. The zero-order chi connectivity index (χ0) is 12.3. The van der Waals surface area contributed by atoms with Crippen molar-refractivity contribution in [2.75, 3.05) is 13.1 Å². The van der Waals surface area contributed by atoms with E-state index >= 15 is 0 Å². The predicted molar refractivity (Wildman–Crippen MR) is 74.3 cm³/mol. The van der Waals surface area contributed by atoms with Gasteiger partial charge in [0.15, 0.2) is 0 Å². The van der Waals surface area contributed by atoms with E-state index in [0.717, 1.165) is 38.3 Å². The van der Waals surface area contributed by atoms with Crippen molar-refractivity contribution in [1.82, 2.24) is 4.90 Å². The number of piperidine rings is 1. The molecule has 2 atom stereocenters. The first-order chi connectivity index (χ1) is 8.16. The number of rotatable bonds is 3. The monoisotopic (exact) mass is 301 g/mol.